The fraction of sp³-hybridized carbons (Fsp3) is 0.125. The van der Waals surface area contributed by atoms with E-state index in [9.17, 15) is 4.79 Å². The molecule has 0 atom stereocenters. The molecule has 5 aromatic rings. The molecular weight excluding hydrogens is 434 g/mol. The van der Waals surface area contributed by atoms with E-state index in [1.54, 1.807) is 17.0 Å². The topological polar surface area (TPSA) is 90.0 Å². The maximum absolute atomic E-state index is 13.1. The smallest absolute Gasteiger partial charge is 0.255 e. The second kappa shape index (κ2) is 8.87. The standard InChI is InChI=1S/C24H21N7OS/c1-16-12-17(2)31-23(26-16)28-24(29-31)33-14-18-6-3-4-9-21(18)22(32)27-19-7-5-8-20(13-19)30-11-10-25-15-30/h3-13,15H,14H2,1-2H3,(H,27,32). The summed E-state index contributed by atoms with van der Waals surface area (Å²) in [5, 5.41) is 8.17. The molecule has 8 nitrogen and oxygen atoms in total. The van der Waals surface area contributed by atoms with Gasteiger partial charge in [-0.25, -0.2) is 14.5 Å². The third kappa shape index (κ3) is 4.49. The van der Waals surface area contributed by atoms with Crippen LogP contribution in [0.3, 0.4) is 0 Å². The first-order valence-corrected chi connectivity index (χ1v) is 11.4. The quantitative estimate of drug-likeness (QED) is 0.380. The van der Waals surface area contributed by atoms with Crippen molar-refractivity contribution in [2.75, 3.05) is 5.32 Å². The number of nitrogens with one attached hydrogen (secondary N) is 1. The Bertz CT molecular complexity index is 1440. The molecular formula is C24H21N7OS. The highest BCUT2D eigenvalue weighted by atomic mass is 32.2. The number of rotatable bonds is 6. The normalized spacial score (nSPS) is 11.1. The Balaban J connectivity index is 1.33. The van der Waals surface area contributed by atoms with E-state index in [-0.39, 0.29) is 5.91 Å². The first-order chi connectivity index (χ1) is 16.1. The fourth-order valence-electron chi connectivity index (χ4n) is 3.57. The van der Waals surface area contributed by atoms with Crippen LogP contribution >= 0.6 is 11.8 Å². The number of fused-ring (bicyclic) bond motifs is 1. The van der Waals surface area contributed by atoms with Crippen LogP contribution in [-0.2, 0) is 5.75 Å². The molecule has 5 rings (SSSR count). The van der Waals surface area contributed by atoms with Gasteiger partial charge in [0.2, 0.25) is 5.16 Å². The number of carbonyl (C=O) groups excluding carboxylic acids is 1. The van der Waals surface area contributed by atoms with Gasteiger partial charge in [-0.2, -0.15) is 4.98 Å². The highest BCUT2D eigenvalue weighted by Gasteiger charge is 2.14. The summed E-state index contributed by atoms with van der Waals surface area (Å²) in [6.45, 7) is 3.92. The number of amides is 1. The minimum absolute atomic E-state index is 0.162. The zero-order valence-electron chi connectivity index (χ0n) is 18.1. The number of anilines is 1. The van der Waals surface area contributed by atoms with E-state index >= 15 is 0 Å². The third-order valence-electron chi connectivity index (χ3n) is 5.12. The summed E-state index contributed by atoms with van der Waals surface area (Å²) in [5.74, 6) is 0.983. The highest BCUT2D eigenvalue weighted by molar-refractivity contribution is 7.98. The largest absolute Gasteiger partial charge is 0.322 e. The van der Waals surface area contributed by atoms with Gasteiger partial charge in [-0.3, -0.25) is 4.79 Å². The van der Waals surface area contributed by atoms with Gasteiger partial charge in [0.05, 0.1) is 6.33 Å². The van der Waals surface area contributed by atoms with Gasteiger partial charge in [-0.05, 0) is 49.7 Å². The van der Waals surface area contributed by atoms with Gasteiger partial charge in [-0.1, -0.05) is 36.0 Å². The van der Waals surface area contributed by atoms with Crippen LogP contribution in [0.1, 0.15) is 27.3 Å². The lowest BCUT2D eigenvalue weighted by Crippen LogP contribution is -2.14. The first kappa shape index (κ1) is 20.9. The van der Waals surface area contributed by atoms with Gasteiger partial charge in [0.15, 0.2) is 0 Å². The van der Waals surface area contributed by atoms with Crippen LogP contribution < -0.4 is 5.32 Å². The number of hydrogen-bond acceptors (Lipinski definition) is 6. The zero-order valence-corrected chi connectivity index (χ0v) is 19.0. The van der Waals surface area contributed by atoms with E-state index in [0.717, 1.165) is 22.6 Å². The minimum Gasteiger partial charge on any atom is -0.322 e. The van der Waals surface area contributed by atoms with Crippen LogP contribution in [0.25, 0.3) is 11.5 Å². The van der Waals surface area contributed by atoms with Crippen molar-refractivity contribution in [1.82, 2.24) is 29.1 Å². The predicted octanol–water partition coefficient (Wildman–Crippen LogP) is 4.47. The molecule has 0 aliphatic rings. The van der Waals surface area contributed by atoms with E-state index in [1.807, 2.05) is 79.2 Å². The molecule has 1 amide bonds. The van der Waals surface area contributed by atoms with Gasteiger partial charge in [0.1, 0.15) is 0 Å². The average molecular weight is 456 g/mol. The van der Waals surface area contributed by atoms with Gasteiger partial charge < -0.3 is 9.88 Å². The molecule has 0 saturated heterocycles. The second-order valence-electron chi connectivity index (χ2n) is 7.57. The number of hydrogen-bond donors (Lipinski definition) is 1. The van der Waals surface area contributed by atoms with Crippen molar-refractivity contribution in [1.29, 1.82) is 0 Å². The monoisotopic (exact) mass is 455 g/mol. The highest BCUT2D eigenvalue weighted by Crippen LogP contribution is 2.24. The molecule has 0 radical (unpaired) electrons. The molecule has 33 heavy (non-hydrogen) atoms. The molecule has 0 unspecified atom stereocenters. The lowest BCUT2D eigenvalue weighted by molar-refractivity contribution is 0.102. The SMILES string of the molecule is Cc1cc(C)n2nc(SCc3ccccc3C(=O)Nc3cccc(-n4ccnc4)c3)nc2n1. The molecule has 0 fully saturated rings. The van der Waals surface area contributed by atoms with Gasteiger partial charge in [0.25, 0.3) is 11.7 Å². The molecule has 0 aliphatic heterocycles. The number of imidazole rings is 1. The fourth-order valence-corrected chi connectivity index (χ4v) is 4.40. The summed E-state index contributed by atoms with van der Waals surface area (Å²) in [6.07, 6.45) is 5.30. The first-order valence-electron chi connectivity index (χ1n) is 10.4. The number of carbonyl (C=O) groups is 1. The molecule has 164 valence electrons. The summed E-state index contributed by atoms with van der Waals surface area (Å²) >= 11 is 1.48. The summed E-state index contributed by atoms with van der Waals surface area (Å²) in [5.41, 5.74) is 5.05. The van der Waals surface area contributed by atoms with E-state index in [1.165, 1.54) is 11.8 Å². The zero-order chi connectivity index (χ0) is 22.8. The van der Waals surface area contributed by atoms with E-state index < -0.39 is 0 Å². The summed E-state index contributed by atoms with van der Waals surface area (Å²) < 4.78 is 3.63. The number of aryl methyl sites for hydroxylation is 2. The van der Waals surface area contributed by atoms with Crippen molar-refractivity contribution in [3.63, 3.8) is 0 Å². The van der Waals surface area contributed by atoms with Crippen molar-refractivity contribution in [2.45, 2.75) is 24.8 Å². The summed E-state index contributed by atoms with van der Waals surface area (Å²) in [4.78, 5) is 26.1. The minimum atomic E-state index is -0.162. The van der Waals surface area contributed by atoms with Crippen LogP contribution in [0.4, 0.5) is 5.69 Å². The van der Waals surface area contributed by atoms with Crippen molar-refractivity contribution < 1.29 is 4.79 Å². The molecule has 0 saturated carbocycles. The van der Waals surface area contributed by atoms with E-state index in [4.69, 9.17) is 0 Å². The predicted molar refractivity (Wildman–Crippen MR) is 128 cm³/mol. The maximum Gasteiger partial charge on any atom is 0.255 e. The lowest BCUT2D eigenvalue weighted by atomic mass is 10.1. The molecule has 3 heterocycles. The van der Waals surface area contributed by atoms with Gasteiger partial charge >= 0.3 is 0 Å². The van der Waals surface area contributed by atoms with Gasteiger partial charge in [0, 0.05) is 46.5 Å². The third-order valence-corrected chi connectivity index (χ3v) is 6.01. The molecule has 1 N–H and O–H groups in total. The van der Waals surface area contributed by atoms with Crippen molar-refractivity contribution >= 4 is 29.1 Å². The summed E-state index contributed by atoms with van der Waals surface area (Å²) in [6, 6.07) is 17.2. The molecule has 9 heteroatoms. The van der Waals surface area contributed by atoms with Crippen molar-refractivity contribution in [3.8, 4) is 5.69 Å². The Kier molecular flexibility index (Phi) is 5.62. The molecule has 3 aromatic heterocycles. The molecule has 2 aromatic carbocycles. The maximum atomic E-state index is 13.1. The Morgan fingerprint density at radius 1 is 1.06 bits per heavy atom. The molecule has 0 aliphatic carbocycles. The number of nitrogens with zero attached hydrogens (tertiary/aromatic N) is 6. The van der Waals surface area contributed by atoms with Gasteiger partial charge in [-0.15, -0.1) is 5.10 Å². The van der Waals surface area contributed by atoms with Crippen LogP contribution in [0.5, 0.6) is 0 Å². The Morgan fingerprint density at radius 2 is 1.94 bits per heavy atom. The van der Waals surface area contributed by atoms with Crippen molar-refractivity contribution in [3.05, 3.63) is 95.8 Å². The Hall–Kier alpha value is -3.98. The lowest BCUT2D eigenvalue weighted by Gasteiger charge is -2.11. The number of thioether (sulfide) groups is 1. The Labute approximate surface area is 194 Å². The summed E-state index contributed by atoms with van der Waals surface area (Å²) in [7, 11) is 0. The van der Waals surface area contributed by atoms with E-state index in [2.05, 4.69) is 25.4 Å². The molecule has 0 spiro atoms. The van der Waals surface area contributed by atoms with Crippen LogP contribution in [0.2, 0.25) is 0 Å². The van der Waals surface area contributed by atoms with Crippen LogP contribution in [-0.4, -0.2) is 35.0 Å². The Morgan fingerprint density at radius 3 is 2.79 bits per heavy atom. The van der Waals surface area contributed by atoms with Crippen LogP contribution in [0.15, 0.2) is 78.5 Å². The number of benzene rings is 2. The molecule has 0 bridgehead atoms. The average Bonchev–Trinajstić information content (AvgIpc) is 3.48. The van der Waals surface area contributed by atoms with E-state index in [0.29, 0.717) is 27.9 Å². The van der Waals surface area contributed by atoms with Crippen molar-refractivity contribution in [2.24, 2.45) is 0 Å². The second-order valence-corrected chi connectivity index (χ2v) is 8.51. The number of aromatic nitrogens is 6. The van der Waals surface area contributed by atoms with Crippen LogP contribution in [0, 0.1) is 13.8 Å².